The topological polar surface area (TPSA) is 24.4 Å². The molecule has 1 aliphatic heterocycles. The SMILES string of the molecule is C1=CC=CCC=C1.C1=CNc2ccccc2N=C1. The molecule has 3 rings (SSSR count). The third kappa shape index (κ3) is 3.91. The van der Waals surface area contributed by atoms with E-state index < -0.39 is 0 Å². The quantitative estimate of drug-likeness (QED) is 0.710. The molecule has 0 unspecified atom stereocenters. The Bertz CT molecular complexity index is 506. The van der Waals surface area contributed by atoms with Crippen LogP contribution in [0.2, 0.25) is 0 Å². The van der Waals surface area contributed by atoms with Gasteiger partial charge in [-0.05, 0) is 24.6 Å². The van der Waals surface area contributed by atoms with E-state index in [0.717, 1.165) is 17.8 Å². The van der Waals surface area contributed by atoms with Gasteiger partial charge in [-0.15, -0.1) is 0 Å². The number of hydrogen-bond donors (Lipinski definition) is 1. The molecule has 0 radical (unpaired) electrons. The molecule has 0 spiro atoms. The van der Waals surface area contributed by atoms with Crippen LogP contribution in [-0.2, 0) is 0 Å². The second-order valence-electron chi connectivity index (χ2n) is 3.78. The summed E-state index contributed by atoms with van der Waals surface area (Å²) in [6.07, 6.45) is 19.0. The van der Waals surface area contributed by atoms with Gasteiger partial charge in [0.05, 0.1) is 11.4 Å². The zero-order valence-electron chi connectivity index (χ0n) is 10.2. The molecule has 2 aliphatic rings. The normalized spacial score (nSPS) is 14.9. The average molecular weight is 236 g/mol. The summed E-state index contributed by atoms with van der Waals surface area (Å²) in [5.74, 6) is 0. The number of benzene rings is 1. The van der Waals surface area contributed by atoms with Crippen molar-refractivity contribution in [2.24, 2.45) is 4.99 Å². The summed E-state index contributed by atoms with van der Waals surface area (Å²) in [5.41, 5.74) is 2.04. The third-order valence-corrected chi connectivity index (χ3v) is 2.42. The van der Waals surface area contributed by atoms with Gasteiger partial charge < -0.3 is 5.32 Å². The summed E-state index contributed by atoms with van der Waals surface area (Å²) < 4.78 is 0. The Morgan fingerprint density at radius 2 is 1.67 bits per heavy atom. The van der Waals surface area contributed by atoms with E-state index in [1.165, 1.54) is 0 Å². The van der Waals surface area contributed by atoms with Gasteiger partial charge in [0.15, 0.2) is 0 Å². The molecule has 1 N–H and O–H groups in total. The van der Waals surface area contributed by atoms with Crippen molar-refractivity contribution in [2.75, 3.05) is 5.32 Å². The monoisotopic (exact) mass is 236 g/mol. The van der Waals surface area contributed by atoms with Crippen LogP contribution in [0.25, 0.3) is 0 Å². The Morgan fingerprint density at radius 1 is 0.889 bits per heavy atom. The maximum atomic E-state index is 4.21. The molecule has 2 nitrogen and oxygen atoms in total. The molecule has 2 heteroatoms. The largest absolute Gasteiger partial charge is 0.360 e. The van der Waals surface area contributed by atoms with Crippen molar-refractivity contribution in [2.45, 2.75) is 6.42 Å². The lowest BCUT2D eigenvalue weighted by Crippen LogP contribution is -1.84. The number of hydrogen-bond acceptors (Lipinski definition) is 2. The Balaban J connectivity index is 0.000000149. The molecule has 1 heterocycles. The van der Waals surface area contributed by atoms with Crippen molar-refractivity contribution in [3.8, 4) is 0 Å². The highest BCUT2D eigenvalue weighted by Gasteiger charge is 1.96. The first-order valence-corrected chi connectivity index (χ1v) is 6.00. The molecule has 1 aromatic rings. The fraction of sp³-hybridized carbons (Fsp3) is 0.0625. The number of para-hydroxylation sites is 2. The van der Waals surface area contributed by atoms with Gasteiger partial charge in [0.25, 0.3) is 0 Å². The van der Waals surface area contributed by atoms with E-state index in [-0.39, 0.29) is 0 Å². The van der Waals surface area contributed by atoms with Gasteiger partial charge in [0, 0.05) is 12.4 Å². The Hall–Kier alpha value is -2.35. The highest BCUT2D eigenvalue weighted by molar-refractivity contribution is 5.81. The number of aliphatic imine (C=N–C) groups is 1. The number of nitrogens with zero attached hydrogens (tertiary/aromatic N) is 1. The maximum absolute atomic E-state index is 4.21. The van der Waals surface area contributed by atoms with Gasteiger partial charge in [-0.1, -0.05) is 48.6 Å². The molecule has 0 saturated heterocycles. The number of nitrogens with one attached hydrogen (secondary N) is 1. The molecular weight excluding hydrogens is 220 g/mol. The Kier molecular flexibility index (Phi) is 4.76. The maximum Gasteiger partial charge on any atom is 0.0864 e. The lowest BCUT2D eigenvalue weighted by atomic mass is 10.3. The van der Waals surface area contributed by atoms with Crippen LogP contribution in [0.4, 0.5) is 11.4 Å². The smallest absolute Gasteiger partial charge is 0.0864 e. The highest BCUT2D eigenvalue weighted by atomic mass is 14.9. The fourth-order valence-electron chi connectivity index (χ4n) is 1.53. The summed E-state index contributed by atoms with van der Waals surface area (Å²) in [7, 11) is 0. The molecule has 0 atom stereocenters. The van der Waals surface area contributed by atoms with E-state index in [1.807, 2.05) is 48.7 Å². The van der Waals surface area contributed by atoms with E-state index in [4.69, 9.17) is 0 Å². The van der Waals surface area contributed by atoms with Crippen molar-refractivity contribution in [3.05, 3.63) is 73.0 Å². The van der Waals surface area contributed by atoms with Gasteiger partial charge in [-0.25, -0.2) is 0 Å². The van der Waals surface area contributed by atoms with Crippen molar-refractivity contribution in [3.63, 3.8) is 0 Å². The predicted octanol–water partition coefficient (Wildman–Crippen LogP) is 4.39. The van der Waals surface area contributed by atoms with E-state index >= 15 is 0 Å². The molecule has 18 heavy (non-hydrogen) atoms. The molecule has 0 bridgehead atoms. The van der Waals surface area contributed by atoms with Crippen LogP contribution in [0, 0.1) is 0 Å². The summed E-state index contributed by atoms with van der Waals surface area (Å²) in [4.78, 5) is 4.21. The number of fused-ring (bicyclic) bond motifs is 1. The van der Waals surface area contributed by atoms with Crippen LogP contribution in [0.3, 0.4) is 0 Å². The van der Waals surface area contributed by atoms with Crippen LogP contribution in [-0.4, -0.2) is 6.21 Å². The highest BCUT2D eigenvalue weighted by Crippen LogP contribution is 2.24. The van der Waals surface area contributed by atoms with Gasteiger partial charge in [-0.3, -0.25) is 4.99 Å². The standard InChI is InChI=1S/C9H8N2.C7H8/c1-2-5-9-8(4-1)10-6-3-7-11-9;1-2-4-6-7-5-3-1/h1-7,10H;1-6H,7H2. The molecule has 1 aliphatic carbocycles. The first-order valence-electron chi connectivity index (χ1n) is 6.00. The molecule has 1 aromatic carbocycles. The van der Waals surface area contributed by atoms with Gasteiger partial charge in [0.1, 0.15) is 0 Å². The van der Waals surface area contributed by atoms with Crippen LogP contribution < -0.4 is 5.32 Å². The minimum absolute atomic E-state index is 0.984. The van der Waals surface area contributed by atoms with Crippen LogP contribution >= 0.6 is 0 Å². The van der Waals surface area contributed by atoms with Crippen molar-refractivity contribution >= 4 is 17.6 Å². The van der Waals surface area contributed by atoms with E-state index in [1.54, 1.807) is 6.21 Å². The average Bonchev–Trinajstić information content (AvgIpc) is 2.84. The van der Waals surface area contributed by atoms with Crippen LogP contribution in [0.15, 0.2) is 78.0 Å². The van der Waals surface area contributed by atoms with Crippen LogP contribution in [0.5, 0.6) is 0 Å². The van der Waals surface area contributed by atoms with E-state index in [2.05, 4.69) is 34.6 Å². The number of anilines is 1. The fourth-order valence-corrected chi connectivity index (χ4v) is 1.53. The second kappa shape index (κ2) is 7.07. The second-order valence-corrected chi connectivity index (χ2v) is 3.78. The zero-order chi connectivity index (χ0) is 12.5. The molecule has 0 amide bonds. The van der Waals surface area contributed by atoms with E-state index in [0.29, 0.717) is 0 Å². The molecule has 0 fully saturated rings. The lowest BCUT2D eigenvalue weighted by molar-refractivity contribution is 1.41. The molecule has 90 valence electrons. The first-order chi connectivity index (χ1) is 8.97. The number of allylic oxidation sites excluding steroid dienone is 7. The van der Waals surface area contributed by atoms with Gasteiger partial charge in [-0.2, -0.15) is 0 Å². The van der Waals surface area contributed by atoms with Gasteiger partial charge in [0.2, 0.25) is 0 Å². The van der Waals surface area contributed by atoms with Crippen LogP contribution in [0.1, 0.15) is 6.42 Å². The Morgan fingerprint density at radius 3 is 2.50 bits per heavy atom. The minimum atomic E-state index is 0.984. The van der Waals surface area contributed by atoms with Crippen molar-refractivity contribution in [1.82, 2.24) is 0 Å². The number of rotatable bonds is 0. The van der Waals surface area contributed by atoms with Gasteiger partial charge >= 0.3 is 0 Å². The summed E-state index contributed by atoms with van der Waals surface area (Å²) in [5, 5.41) is 3.12. The lowest BCUT2D eigenvalue weighted by Gasteiger charge is -2.00. The van der Waals surface area contributed by atoms with Crippen molar-refractivity contribution < 1.29 is 0 Å². The minimum Gasteiger partial charge on any atom is -0.360 e. The first kappa shape index (κ1) is 12.1. The summed E-state index contributed by atoms with van der Waals surface area (Å²) >= 11 is 0. The van der Waals surface area contributed by atoms with Crippen molar-refractivity contribution in [1.29, 1.82) is 0 Å². The van der Waals surface area contributed by atoms with E-state index in [9.17, 15) is 0 Å². The molecular formula is C16H16N2. The molecule has 0 saturated carbocycles. The molecule has 0 aromatic heterocycles. The summed E-state index contributed by atoms with van der Waals surface area (Å²) in [6, 6.07) is 7.94. The zero-order valence-corrected chi connectivity index (χ0v) is 10.2. The predicted molar refractivity (Wildman–Crippen MR) is 79.4 cm³/mol. The Labute approximate surface area is 108 Å². The summed E-state index contributed by atoms with van der Waals surface area (Å²) in [6.45, 7) is 0. The third-order valence-electron chi connectivity index (χ3n) is 2.42.